The number of rotatable bonds is 21. The summed E-state index contributed by atoms with van der Waals surface area (Å²) in [6, 6.07) is 24.2. The van der Waals surface area contributed by atoms with Crippen molar-refractivity contribution in [2.75, 3.05) is 51.4 Å². The van der Waals surface area contributed by atoms with E-state index >= 15 is 0 Å². The van der Waals surface area contributed by atoms with Gasteiger partial charge in [0.25, 0.3) is 0 Å². The molecule has 0 aromatic heterocycles. The fourth-order valence-corrected chi connectivity index (χ4v) is 10.1. The van der Waals surface area contributed by atoms with Gasteiger partial charge in [-0.25, -0.2) is 0 Å². The van der Waals surface area contributed by atoms with Crippen LogP contribution in [0, 0.1) is 17.8 Å². The zero-order valence-electron chi connectivity index (χ0n) is 33.0. The number of carbonyl (C=O) groups is 1. The minimum Gasteiger partial charge on any atom is -0.492 e. The van der Waals surface area contributed by atoms with E-state index in [4.69, 9.17) is 24.2 Å². The lowest BCUT2D eigenvalue weighted by molar-refractivity contribution is -0.223. The van der Waals surface area contributed by atoms with Crippen LogP contribution in [0.5, 0.6) is 11.5 Å². The Bertz CT molecular complexity index is 1870. The maximum absolute atomic E-state index is 11.8. The molecule has 3 N–H and O–H groups in total. The van der Waals surface area contributed by atoms with Gasteiger partial charge in [0.05, 0.1) is 23.5 Å². The molecule has 1 saturated carbocycles. The number of thioether (sulfide) groups is 1. The van der Waals surface area contributed by atoms with Crippen LogP contribution in [0.3, 0.4) is 0 Å². The van der Waals surface area contributed by atoms with Crippen LogP contribution in [0.4, 0.5) is 5.69 Å². The van der Waals surface area contributed by atoms with E-state index in [9.17, 15) is 15.0 Å². The van der Waals surface area contributed by atoms with Gasteiger partial charge < -0.3 is 34.6 Å². The molecular weight excluding hydrogens is 739 g/mol. The first kappa shape index (κ1) is 41.0. The van der Waals surface area contributed by atoms with Crippen LogP contribution in [-0.4, -0.2) is 83.8 Å². The van der Waals surface area contributed by atoms with Crippen molar-refractivity contribution >= 4 is 29.1 Å². The van der Waals surface area contributed by atoms with Gasteiger partial charge in [-0.15, -0.1) is 18.3 Å². The molecule has 2 heterocycles. The topological polar surface area (TPSA) is 122 Å². The van der Waals surface area contributed by atoms with Gasteiger partial charge in [-0.1, -0.05) is 60.5 Å². The van der Waals surface area contributed by atoms with Crippen molar-refractivity contribution in [2.24, 2.45) is 22.9 Å². The van der Waals surface area contributed by atoms with E-state index in [0.29, 0.717) is 19.6 Å². The van der Waals surface area contributed by atoms with Gasteiger partial charge in [-0.3, -0.25) is 9.69 Å². The molecule has 2 aliphatic heterocycles. The molecule has 2 fully saturated rings. The molecule has 4 aliphatic rings. The summed E-state index contributed by atoms with van der Waals surface area (Å²) in [5.74, 6) is 0.474. The molecule has 304 valence electrons. The van der Waals surface area contributed by atoms with Crippen molar-refractivity contribution < 1.29 is 34.1 Å². The summed E-state index contributed by atoms with van der Waals surface area (Å²) in [7, 11) is 0. The fraction of sp³-hybridized carbons (Fsp3) is 0.478. The number of anilines is 1. The second-order valence-electron chi connectivity index (χ2n) is 15.5. The molecular formula is C46H57N3O7S. The molecule has 3 aromatic carbocycles. The van der Waals surface area contributed by atoms with E-state index < -0.39 is 5.79 Å². The quantitative estimate of drug-likeness (QED) is 0.0427. The Morgan fingerprint density at radius 3 is 2.53 bits per heavy atom. The molecule has 1 amide bonds. The Morgan fingerprint density at radius 1 is 1.04 bits per heavy atom. The van der Waals surface area contributed by atoms with Crippen molar-refractivity contribution in [1.82, 2.24) is 4.90 Å². The van der Waals surface area contributed by atoms with E-state index in [-0.39, 0.29) is 54.6 Å². The minimum absolute atomic E-state index is 0.0306. The molecule has 3 aromatic rings. The first-order valence-corrected chi connectivity index (χ1v) is 21.4. The summed E-state index contributed by atoms with van der Waals surface area (Å²) in [4.78, 5) is 21.4. The molecule has 0 radical (unpaired) electrons. The summed E-state index contributed by atoms with van der Waals surface area (Å²) in [5, 5.41) is 27.3. The molecule has 11 heteroatoms. The fourth-order valence-electron chi connectivity index (χ4n) is 8.84. The number of allylic oxidation sites excluding steroid dienone is 1. The average molecular weight is 796 g/mol. The Labute approximate surface area is 341 Å². The number of nitrogens with zero attached hydrogens (tertiary/aromatic N) is 2. The zero-order chi connectivity index (χ0) is 39.6. The van der Waals surface area contributed by atoms with Crippen LogP contribution in [0.1, 0.15) is 68.9 Å². The lowest BCUT2D eigenvalue weighted by Crippen LogP contribution is -2.64. The average Bonchev–Trinajstić information content (AvgIpc) is 4.05. The van der Waals surface area contributed by atoms with Crippen molar-refractivity contribution in [3.8, 4) is 11.5 Å². The summed E-state index contributed by atoms with van der Waals surface area (Å²) < 4.78 is 20.8. The van der Waals surface area contributed by atoms with Crippen molar-refractivity contribution in [3.05, 3.63) is 108 Å². The first-order chi connectivity index (χ1) is 27.9. The largest absolute Gasteiger partial charge is 0.492 e. The summed E-state index contributed by atoms with van der Waals surface area (Å²) >= 11 is 1.69. The maximum Gasteiger partial charge on any atom is 0.231 e. The number of hydrogen-bond donors (Lipinski definition) is 3. The number of unbranched alkanes of at least 4 members (excludes halogenated alkanes) is 2. The van der Waals surface area contributed by atoms with Crippen LogP contribution < -0.4 is 14.8 Å². The highest BCUT2D eigenvalue weighted by Gasteiger charge is 2.64. The number of fused-ring (bicyclic) bond motifs is 2. The lowest BCUT2D eigenvalue weighted by Gasteiger charge is -2.58. The molecule has 6 unspecified atom stereocenters. The molecule has 1 saturated heterocycles. The number of aliphatic hydroxyl groups excluding tert-OH is 2. The van der Waals surface area contributed by atoms with E-state index in [1.807, 2.05) is 60.7 Å². The van der Waals surface area contributed by atoms with Crippen molar-refractivity contribution in [2.45, 2.75) is 80.3 Å². The molecule has 10 nitrogen and oxygen atoms in total. The van der Waals surface area contributed by atoms with E-state index in [2.05, 4.69) is 35.0 Å². The number of ether oxygens (including phenoxy) is 3. The van der Waals surface area contributed by atoms with Gasteiger partial charge in [-0.05, 0) is 91.1 Å². The van der Waals surface area contributed by atoms with E-state index in [0.717, 1.165) is 103 Å². The van der Waals surface area contributed by atoms with E-state index in [1.54, 1.807) is 17.8 Å². The maximum atomic E-state index is 11.8. The number of hydrogen-bond acceptors (Lipinski definition) is 10. The summed E-state index contributed by atoms with van der Waals surface area (Å²) in [6.45, 7) is 10.2. The summed E-state index contributed by atoms with van der Waals surface area (Å²) in [5.41, 5.74) is 4.83. The second kappa shape index (κ2) is 19.5. The number of carbonyl (C=O) groups excluding carboxylic acids is 1. The number of aliphatic hydroxyl groups is 2. The minimum atomic E-state index is -1.11. The van der Waals surface area contributed by atoms with Crippen LogP contribution in [-0.2, 0) is 21.0 Å². The summed E-state index contributed by atoms with van der Waals surface area (Å²) in [6.07, 6.45) is 9.78. The highest BCUT2D eigenvalue weighted by molar-refractivity contribution is 8.00. The molecule has 0 bridgehead atoms. The van der Waals surface area contributed by atoms with Gasteiger partial charge in [0, 0.05) is 68.3 Å². The van der Waals surface area contributed by atoms with Crippen molar-refractivity contribution in [3.63, 3.8) is 0 Å². The Balaban J connectivity index is 1.36. The van der Waals surface area contributed by atoms with Gasteiger partial charge in [0.1, 0.15) is 24.7 Å². The van der Waals surface area contributed by atoms with Gasteiger partial charge >= 0.3 is 0 Å². The normalized spacial score (nSPS) is 25.4. The predicted molar refractivity (Wildman–Crippen MR) is 225 cm³/mol. The van der Waals surface area contributed by atoms with E-state index in [1.165, 1.54) is 6.92 Å². The smallest absolute Gasteiger partial charge is 0.231 e. The highest BCUT2D eigenvalue weighted by Crippen LogP contribution is 2.63. The van der Waals surface area contributed by atoms with Gasteiger partial charge in [0.2, 0.25) is 11.7 Å². The lowest BCUT2D eigenvalue weighted by atomic mass is 9.56. The number of amides is 1. The molecule has 6 atom stereocenters. The monoisotopic (exact) mass is 795 g/mol. The number of oxime groups is 1. The van der Waals surface area contributed by atoms with Crippen LogP contribution in [0.15, 0.2) is 107 Å². The number of nitrogens with one attached hydrogen (secondary N) is 1. The van der Waals surface area contributed by atoms with Crippen molar-refractivity contribution in [1.29, 1.82) is 0 Å². The Kier molecular flexibility index (Phi) is 14.1. The molecule has 7 rings (SSSR count). The highest BCUT2D eigenvalue weighted by atomic mass is 32.2. The third-order valence-electron chi connectivity index (χ3n) is 11.5. The predicted octanol–water partition coefficient (Wildman–Crippen LogP) is 7.97. The SMILES string of the molecule is C=CCOC12Oc3ccc(OCCN4CC4)cc3C3C(CCCCO)C(CCCCO)C=C(C(=NOCc4ccccc4)CC1Sc1ccc(NC(C)=O)cc1)C32. The van der Waals surface area contributed by atoms with Gasteiger partial charge in [-0.2, -0.15) is 0 Å². The second-order valence-corrected chi connectivity index (χ2v) is 16.8. The Hall–Kier alpha value is -4.13. The molecule has 57 heavy (non-hydrogen) atoms. The van der Waals surface area contributed by atoms with Crippen LogP contribution in [0.25, 0.3) is 0 Å². The standard InChI is InChI=1S/C46H57N3O7S/c1-3-26-54-46-43(57-37-18-15-35(16-19-37)47-32(2)52)30-41(48-55-31-33-11-5-4-6-12-33)39-28-34(13-7-9-24-50)38(14-8-10-25-51)44(45(39)46)40-29-36(17-20-42(40)56-46)53-27-23-49-21-22-49/h3-6,11-12,15-20,28-29,34,38,43-45,50-51H,1,7-10,13-14,21-27,30-31H2,2H3,(H,47,52). The third kappa shape index (κ3) is 9.95. The van der Waals surface area contributed by atoms with Crippen LogP contribution in [0.2, 0.25) is 0 Å². The zero-order valence-corrected chi connectivity index (χ0v) is 33.8. The van der Waals surface area contributed by atoms with Crippen LogP contribution >= 0.6 is 11.8 Å². The third-order valence-corrected chi connectivity index (χ3v) is 12.9. The molecule has 0 spiro atoms. The first-order valence-electron chi connectivity index (χ1n) is 20.6. The Morgan fingerprint density at radius 2 is 1.81 bits per heavy atom. The van der Waals surface area contributed by atoms with Gasteiger partial charge in [0.15, 0.2) is 0 Å². The number of benzene rings is 3. The molecule has 2 aliphatic carbocycles.